The average Bonchev–Trinajstić information content (AvgIpc) is 2.62. The third-order valence-corrected chi connectivity index (χ3v) is 3.25. The van der Waals surface area contributed by atoms with E-state index in [1.807, 2.05) is 0 Å². The van der Waals surface area contributed by atoms with Gasteiger partial charge in [-0.25, -0.2) is 0 Å². The number of aromatic nitrogens is 1. The van der Waals surface area contributed by atoms with Crippen molar-refractivity contribution < 1.29 is 9.90 Å². The summed E-state index contributed by atoms with van der Waals surface area (Å²) in [5.41, 5.74) is 10.1. The first-order chi connectivity index (χ1) is 11.7. The summed E-state index contributed by atoms with van der Waals surface area (Å²) in [6, 6.07) is 12.9. The SMILES string of the molecule is [N-]=[N+]=NC(=O)c1ccc(N=Nc2ccc(O)c3ncccc23)cc1. The van der Waals surface area contributed by atoms with Gasteiger partial charge < -0.3 is 5.11 Å². The number of azo groups is 1. The number of aromatic hydroxyl groups is 1. The molecule has 0 bridgehead atoms. The number of pyridine rings is 1. The molecule has 0 atom stereocenters. The normalized spacial score (nSPS) is 10.7. The van der Waals surface area contributed by atoms with E-state index in [9.17, 15) is 9.90 Å². The van der Waals surface area contributed by atoms with E-state index in [4.69, 9.17) is 5.53 Å². The lowest BCUT2D eigenvalue weighted by Crippen LogP contribution is -1.91. The summed E-state index contributed by atoms with van der Waals surface area (Å²) in [6.07, 6.45) is 1.59. The summed E-state index contributed by atoms with van der Waals surface area (Å²) < 4.78 is 0. The molecule has 1 aromatic heterocycles. The molecule has 1 amide bonds. The Bertz CT molecular complexity index is 991. The van der Waals surface area contributed by atoms with Crippen molar-refractivity contribution in [2.75, 3.05) is 0 Å². The number of azide groups is 1. The number of phenolic OH excluding ortho intramolecular Hbond substituents is 1. The average molecular weight is 318 g/mol. The van der Waals surface area contributed by atoms with Crippen molar-refractivity contribution >= 4 is 28.2 Å². The second-order valence-corrected chi connectivity index (χ2v) is 4.74. The molecule has 1 heterocycles. The minimum atomic E-state index is -0.656. The van der Waals surface area contributed by atoms with E-state index in [1.165, 1.54) is 18.2 Å². The second kappa shape index (κ2) is 6.55. The molecule has 24 heavy (non-hydrogen) atoms. The third kappa shape index (κ3) is 3.03. The zero-order chi connectivity index (χ0) is 16.9. The quantitative estimate of drug-likeness (QED) is 0.423. The van der Waals surface area contributed by atoms with Crippen LogP contribution in [0.1, 0.15) is 10.4 Å². The number of phenols is 1. The summed E-state index contributed by atoms with van der Waals surface area (Å²) in [4.78, 5) is 18.0. The van der Waals surface area contributed by atoms with Gasteiger partial charge in [0.1, 0.15) is 11.3 Å². The third-order valence-electron chi connectivity index (χ3n) is 3.25. The lowest BCUT2D eigenvalue weighted by molar-refractivity contribution is 0.100. The number of hydrogen-bond acceptors (Lipinski definition) is 5. The van der Waals surface area contributed by atoms with Gasteiger partial charge in [-0.1, -0.05) is 0 Å². The minimum Gasteiger partial charge on any atom is -0.506 e. The Kier molecular flexibility index (Phi) is 4.13. The number of rotatable bonds is 3. The van der Waals surface area contributed by atoms with Crippen LogP contribution in [-0.2, 0) is 0 Å². The molecule has 0 saturated heterocycles. The predicted octanol–water partition coefficient (Wildman–Crippen LogP) is 4.81. The Labute approximate surface area is 135 Å². The molecule has 0 unspecified atom stereocenters. The summed E-state index contributed by atoms with van der Waals surface area (Å²) in [6.45, 7) is 0. The summed E-state index contributed by atoms with van der Waals surface area (Å²) in [5.74, 6) is -0.581. The molecule has 3 rings (SSSR count). The Morgan fingerprint density at radius 3 is 2.62 bits per heavy atom. The summed E-state index contributed by atoms with van der Waals surface area (Å²) in [5, 5.41) is 21.8. The van der Waals surface area contributed by atoms with Crippen LogP contribution in [0.2, 0.25) is 0 Å². The van der Waals surface area contributed by atoms with Gasteiger partial charge in [0.15, 0.2) is 0 Å². The van der Waals surface area contributed by atoms with Gasteiger partial charge >= 0.3 is 0 Å². The lowest BCUT2D eigenvalue weighted by Gasteiger charge is -2.02. The van der Waals surface area contributed by atoms with E-state index in [0.29, 0.717) is 22.3 Å². The monoisotopic (exact) mass is 318 g/mol. The van der Waals surface area contributed by atoms with Crippen molar-refractivity contribution in [1.29, 1.82) is 0 Å². The zero-order valence-corrected chi connectivity index (χ0v) is 12.2. The van der Waals surface area contributed by atoms with E-state index in [0.717, 1.165) is 0 Å². The first-order valence-corrected chi connectivity index (χ1v) is 6.87. The van der Waals surface area contributed by atoms with Gasteiger partial charge in [-0.05, 0) is 59.2 Å². The maximum atomic E-state index is 11.4. The van der Waals surface area contributed by atoms with Gasteiger partial charge in [-0.15, -0.1) is 5.11 Å². The Morgan fingerprint density at radius 2 is 1.88 bits per heavy atom. The molecule has 0 aliphatic rings. The fraction of sp³-hybridized carbons (Fsp3) is 0. The van der Waals surface area contributed by atoms with Crippen molar-refractivity contribution in [3.63, 3.8) is 0 Å². The standard InChI is InChI=1S/C16H10N6O2/c17-22-21-16(24)10-3-5-11(6-4-10)19-20-13-7-8-14(23)15-12(13)2-1-9-18-15/h1-9,23H. The fourth-order valence-electron chi connectivity index (χ4n) is 2.11. The Balaban J connectivity index is 1.90. The van der Waals surface area contributed by atoms with Crippen LogP contribution in [0.5, 0.6) is 5.75 Å². The highest BCUT2D eigenvalue weighted by Gasteiger charge is 2.06. The van der Waals surface area contributed by atoms with Crippen LogP contribution < -0.4 is 0 Å². The highest BCUT2D eigenvalue weighted by atomic mass is 16.3. The molecule has 116 valence electrons. The Morgan fingerprint density at radius 1 is 1.08 bits per heavy atom. The number of carbonyl (C=O) groups excluding carboxylic acids is 1. The number of carbonyl (C=O) groups is 1. The summed E-state index contributed by atoms with van der Waals surface area (Å²) >= 11 is 0. The molecular weight excluding hydrogens is 308 g/mol. The number of fused-ring (bicyclic) bond motifs is 1. The van der Waals surface area contributed by atoms with E-state index >= 15 is 0 Å². The number of hydrogen-bond donors (Lipinski definition) is 1. The van der Waals surface area contributed by atoms with Crippen molar-refractivity contribution in [2.24, 2.45) is 15.3 Å². The van der Waals surface area contributed by atoms with Gasteiger partial charge in [-0.3, -0.25) is 9.78 Å². The first kappa shape index (κ1) is 15.1. The highest BCUT2D eigenvalue weighted by Crippen LogP contribution is 2.31. The first-order valence-electron chi connectivity index (χ1n) is 6.87. The predicted molar refractivity (Wildman–Crippen MR) is 87.5 cm³/mol. The molecule has 2 aromatic carbocycles. The van der Waals surface area contributed by atoms with Crippen molar-refractivity contribution in [2.45, 2.75) is 0 Å². The fourth-order valence-corrected chi connectivity index (χ4v) is 2.11. The minimum absolute atomic E-state index is 0.0745. The smallest absolute Gasteiger partial charge is 0.249 e. The molecular formula is C16H10N6O2. The van der Waals surface area contributed by atoms with E-state index in [2.05, 4.69) is 25.2 Å². The van der Waals surface area contributed by atoms with E-state index in [-0.39, 0.29) is 11.3 Å². The van der Waals surface area contributed by atoms with Crippen LogP contribution in [0.15, 0.2) is 70.1 Å². The maximum Gasteiger partial charge on any atom is 0.249 e. The van der Waals surface area contributed by atoms with Crippen molar-refractivity contribution in [1.82, 2.24) is 4.98 Å². The number of nitrogens with zero attached hydrogens (tertiary/aromatic N) is 6. The molecule has 0 saturated carbocycles. The van der Waals surface area contributed by atoms with Gasteiger partial charge in [0, 0.05) is 22.1 Å². The summed E-state index contributed by atoms with van der Waals surface area (Å²) in [7, 11) is 0. The number of benzene rings is 2. The molecule has 0 fully saturated rings. The number of amides is 1. The highest BCUT2D eigenvalue weighted by molar-refractivity contribution is 5.95. The molecule has 0 radical (unpaired) electrons. The van der Waals surface area contributed by atoms with Crippen LogP contribution in [0.25, 0.3) is 21.3 Å². The second-order valence-electron chi connectivity index (χ2n) is 4.74. The molecule has 0 aliphatic heterocycles. The topological polar surface area (TPSA) is 124 Å². The lowest BCUT2D eigenvalue weighted by atomic mass is 10.2. The van der Waals surface area contributed by atoms with Gasteiger partial charge in [0.05, 0.1) is 11.4 Å². The molecule has 0 spiro atoms. The van der Waals surface area contributed by atoms with Crippen LogP contribution >= 0.6 is 0 Å². The Hall–Kier alpha value is -3.77. The van der Waals surface area contributed by atoms with Crippen LogP contribution in [0, 0.1) is 0 Å². The largest absolute Gasteiger partial charge is 0.506 e. The van der Waals surface area contributed by atoms with Crippen LogP contribution in [0.4, 0.5) is 11.4 Å². The van der Waals surface area contributed by atoms with E-state index in [1.54, 1.807) is 36.5 Å². The van der Waals surface area contributed by atoms with Crippen molar-refractivity contribution in [3.05, 3.63) is 70.7 Å². The molecule has 0 aliphatic carbocycles. The van der Waals surface area contributed by atoms with Crippen LogP contribution in [0.3, 0.4) is 0 Å². The van der Waals surface area contributed by atoms with Crippen molar-refractivity contribution in [3.8, 4) is 5.75 Å². The van der Waals surface area contributed by atoms with E-state index < -0.39 is 5.91 Å². The molecule has 8 heteroatoms. The molecule has 1 N–H and O–H groups in total. The van der Waals surface area contributed by atoms with Gasteiger partial charge in [0.25, 0.3) is 0 Å². The zero-order valence-electron chi connectivity index (χ0n) is 12.2. The van der Waals surface area contributed by atoms with Gasteiger partial charge in [0.2, 0.25) is 5.91 Å². The van der Waals surface area contributed by atoms with Gasteiger partial charge in [-0.2, -0.15) is 5.11 Å². The molecule has 8 nitrogen and oxygen atoms in total. The van der Waals surface area contributed by atoms with Crippen LogP contribution in [-0.4, -0.2) is 16.0 Å². The molecule has 3 aromatic rings. The maximum absolute atomic E-state index is 11.4.